The Balaban J connectivity index is 1.63. The van der Waals surface area contributed by atoms with E-state index < -0.39 is 23.8 Å². The SMILES string of the molecule is Cc1cc(NC(=O)C=CC(=O)N(c2cccc(C)c2C)C(C(=O)NCCc2ccccc2)c2ccco2)no1. The van der Waals surface area contributed by atoms with E-state index in [0.29, 0.717) is 24.4 Å². The van der Waals surface area contributed by atoms with Crippen LogP contribution in [0.25, 0.3) is 0 Å². The van der Waals surface area contributed by atoms with Crippen molar-refractivity contribution in [1.82, 2.24) is 10.5 Å². The molecule has 0 aliphatic rings. The lowest BCUT2D eigenvalue weighted by molar-refractivity contribution is -0.125. The number of amides is 3. The summed E-state index contributed by atoms with van der Waals surface area (Å²) >= 11 is 0. The fraction of sp³-hybridized carbons (Fsp3) is 0.200. The first kappa shape index (κ1) is 27.1. The van der Waals surface area contributed by atoms with Gasteiger partial charge >= 0.3 is 0 Å². The standard InChI is InChI=1S/C30H30N4O5/c1-20-9-7-12-24(22(20)3)34(28(36)15-14-27(35)32-26-19-21(2)39-33-26)29(25-13-8-18-38-25)30(37)31-17-16-23-10-5-4-6-11-23/h4-15,18-19,29H,16-17H2,1-3H3,(H,31,37)(H,32,33,35). The van der Waals surface area contributed by atoms with Gasteiger partial charge in [-0.1, -0.05) is 47.6 Å². The van der Waals surface area contributed by atoms with Gasteiger partial charge < -0.3 is 19.6 Å². The quantitative estimate of drug-likeness (QED) is 0.286. The number of nitrogens with one attached hydrogen (secondary N) is 2. The average molecular weight is 527 g/mol. The maximum Gasteiger partial charge on any atom is 0.252 e. The number of furan rings is 1. The van der Waals surface area contributed by atoms with E-state index in [1.54, 1.807) is 31.2 Å². The van der Waals surface area contributed by atoms with Gasteiger partial charge in [0.25, 0.3) is 11.8 Å². The summed E-state index contributed by atoms with van der Waals surface area (Å²) in [4.78, 5) is 41.2. The second kappa shape index (κ2) is 12.6. The predicted molar refractivity (Wildman–Crippen MR) is 147 cm³/mol. The van der Waals surface area contributed by atoms with Gasteiger partial charge in [0.05, 0.1) is 6.26 Å². The summed E-state index contributed by atoms with van der Waals surface area (Å²) in [7, 11) is 0. The smallest absolute Gasteiger partial charge is 0.252 e. The van der Waals surface area contributed by atoms with E-state index in [9.17, 15) is 14.4 Å². The first-order chi connectivity index (χ1) is 18.8. The van der Waals surface area contributed by atoms with Gasteiger partial charge in [-0.25, -0.2) is 0 Å². The maximum absolute atomic E-state index is 13.7. The topological polar surface area (TPSA) is 118 Å². The largest absolute Gasteiger partial charge is 0.467 e. The van der Waals surface area contributed by atoms with Gasteiger partial charge in [0.2, 0.25) is 5.91 Å². The summed E-state index contributed by atoms with van der Waals surface area (Å²) < 4.78 is 10.6. The van der Waals surface area contributed by atoms with Crippen molar-refractivity contribution in [3.8, 4) is 0 Å². The number of carbonyl (C=O) groups excluding carboxylic acids is 3. The highest BCUT2D eigenvalue weighted by Crippen LogP contribution is 2.32. The van der Waals surface area contributed by atoms with Crippen LogP contribution in [0.15, 0.2) is 94.1 Å². The molecular formula is C30H30N4O5. The third-order valence-electron chi connectivity index (χ3n) is 6.20. The average Bonchev–Trinajstić information content (AvgIpc) is 3.60. The van der Waals surface area contributed by atoms with Crippen molar-refractivity contribution < 1.29 is 23.3 Å². The molecule has 0 saturated carbocycles. The maximum atomic E-state index is 13.7. The van der Waals surface area contributed by atoms with E-state index in [1.165, 1.54) is 11.2 Å². The van der Waals surface area contributed by atoms with Crippen LogP contribution in [0.4, 0.5) is 11.5 Å². The highest BCUT2D eigenvalue weighted by Gasteiger charge is 2.34. The van der Waals surface area contributed by atoms with Crippen molar-refractivity contribution in [2.75, 3.05) is 16.8 Å². The molecule has 0 aliphatic heterocycles. The van der Waals surface area contributed by atoms with Crippen LogP contribution >= 0.6 is 0 Å². The lowest BCUT2D eigenvalue weighted by Crippen LogP contribution is -2.44. The van der Waals surface area contributed by atoms with Gasteiger partial charge in [-0.05, 0) is 62.1 Å². The predicted octanol–water partition coefficient (Wildman–Crippen LogP) is 4.82. The van der Waals surface area contributed by atoms with Crippen molar-refractivity contribution in [1.29, 1.82) is 0 Å². The van der Waals surface area contributed by atoms with Gasteiger partial charge in [-0.2, -0.15) is 0 Å². The number of nitrogens with zero attached hydrogens (tertiary/aromatic N) is 2. The molecule has 0 bridgehead atoms. The molecule has 200 valence electrons. The Labute approximate surface area is 226 Å². The molecule has 0 saturated heterocycles. The normalized spacial score (nSPS) is 11.8. The number of carbonyl (C=O) groups is 3. The minimum absolute atomic E-state index is 0.229. The van der Waals surface area contributed by atoms with Crippen LogP contribution in [0.2, 0.25) is 0 Å². The van der Waals surface area contributed by atoms with Crippen LogP contribution in [-0.4, -0.2) is 29.4 Å². The van der Waals surface area contributed by atoms with Crippen molar-refractivity contribution >= 4 is 29.2 Å². The van der Waals surface area contributed by atoms with E-state index in [-0.39, 0.29) is 11.6 Å². The summed E-state index contributed by atoms with van der Waals surface area (Å²) in [5.41, 5.74) is 3.36. The zero-order valence-corrected chi connectivity index (χ0v) is 22.0. The molecular weight excluding hydrogens is 496 g/mol. The zero-order chi connectivity index (χ0) is 27.8. The summed E-state index contributed by atoms with van der Waals surface area (Å²) in [5, 5.41) is 9.21. The highest BCUT2D eigenvalue weighted by molar-refractivity contribution is 6.10. The number of hydrogen-bond donors (Lipinski definition) is 2. The summed E-state index contributed by atoms with van der Waals surface area (Å²) in [5.74, 6) is -0.504. The Morgan fingerprint density at radius 1 is 0.974 bits per heavy atom. The van der Waals surface area contributed by atoms with Crippen molar-refractivity contribution in [2.24, 2.45) is 0 Å². The minimum Gasteiger partial charge on any atom is -0.467 e. The van der Waals surface area contributed by atoms with Crippen LogP contribution < -0.4 is 15.5 Å². The molecule has 9 nitrogen and oxygen atoms in total. The van der Waals surface area contributed by atoms with Crippen LogP contribution in [0, 0.1) is 20.8 Å². The Bertz CT molecular complexity index is 1460. The molecule has 4 rings (SSSR count). The second-order valence-corrected chi connectivity index (χ2v) is 9.02. The third-order valence-corrected chi connectivity index (χ3v) is 6.20. The molecule has 0 fully saturated rings. The minimum atomic E-state index is -1.12. The molecule has 2 heterocycles. The van der Waals surface area contributed by atoms with Crippen LogP contribution in [0.5, 0.6) is 0 Å². The van der Waals surface area contributed by atoms with Gasteiger partial charge in [0.15, 0.2) is 11.9 Å². The molecule has 2 N–H and O–H groups in total. The first-order valence-electron chi connectivity index (χ1n) is 12.5. The molecule has 0 spiro atoms. The van der Waals surface area contributed by atoms with Crippen molar-refractivity contribution in [2.45, 2.75) is 33.2 Å². The third kappa shape index (κ3) is 6.89. The lowest BCUT2D eigenvalue weighted by Gasteiger charge is -2.30. The second-order valence-electron chi connectivity index (χ2n) is 9.02. The van der Waals surface area contributed by atoms with E-state index in [0.717, 1.165) is 28.8 Å². The van der Waals surface area contributed by atoms with Gasteiger partial charge in [0.1, 0.15) is 11.5 Å². The van der Waals surface area contributed by atoms with E-state index in [4.69, 9.17) is 8.94 Å². The molecule has 4 aromatic rings. The van der Waals surface area contributed by atoms with Crippen LogP contribution in [0.3, 0.4) is 0 Å². The summed E-state index contributed by atoms with van der Waals surface area (Å²) in [6, 6.07) is 19.0. The number of aromatic nitrogens is 1. The van der Waals surface area contributed by atoms with E-state index >= 15 is 0 Å². The van der Waals surface area contributed by atoms with Crippen LogP contribution in [-0.2, 0) is 20.8 Å². The Morgan fingerprint density at radius 2 is 1.77 bits per heavy atom. The van der Waals surface area contributed by atoms with E-state index in [1.807, 2.05) is 56.3 Å². The Morgan fingerprint density at radius 3 is 2.46 bits per heavy atom. The molecule has 2 aromatic heterocycles. The molecule has 0 radical (unpaired) electrons. The van der Waals surface area contributed by atoms with Gasteiger partial charge in [-0.15, -0.1) is 0 Å². The van der Waals surface area contributed by atoms with Crippen molar-refractivity contribution in [3.05, 3.63) is 113 Å². The Hall–Kier alpha value is -4.92. The summed E-state index contributed by atoms with van der Waals surface area (Å²) in [6.07, 6.45) is 4.29. The number of hydrogen-bond acceptors (Lipinski definition) is 6. The van der Waals surface area contributed by atoms with Crippen molar-refractivity contribution in [3.63, 3.8) is 0 Å². The fourth-order valence-corrected chi connectivity index (χ4v) is 4.09. The molecule has 1 unspecified atom stereocenters. The molecule has 1 atom stereocenters. The van der Waals surface area contributed by atoms with Gasteiger partial charge in [-0.3, -0.25) is 19.3 Å². The fourth-order valence-electron chi connectivity index (χ4n) is 4.09. The Kier molecular flexibility index (Phi) is 8.73. The number of benzene rings is 2. The molecule has 3 amide bonds. The number of anilines is 2. The lowest BCUT2D eigenvalue weighted by atomic mass is 10.0. The molecule has 39 heavy (non-hydrogen) atoms. The molecule has 9 heteroatoms. The summed E-state index contributed by atoms with van der Waals surface area (Å²) in [6.45, 7) is 5.86. The monoisotopic (exact) mass is 526 g/mol. The molecule has 2 aromatic carbocycles. The molecule has 0 aliphatic carbocycles. The number of aryl methyl sites for hydroxylation is 2. The van der Waals surface area contributed by atoms with Crippen LogP contribution in [0.1, 0.15) is 34.3 Å². The van der Waals surface area contributed by atoms with Gasteiger partial charge in [0, 0.05) is 30.5 Å². The zero-order valence-electron chi connectivity index (χ0n) is 22.0. The highest BCUT2D eigenvalue weighted by atomic mass is 16.5. The number of rotatable bonds is 10. The van der Waals surface area contributed by atoms with E-state index in [2.05, 4.69) is 15.8 Å². The first-order valence-corrected chi connectivity index (χ1v) is 12.5.